The van der Waals surface area contributed by atoms with E-state index >= 15 is 0 Å². The summed E-state index contributed by atoms with van der Waals surface area (Å²) < 4.78 is 18.7. The molecule has 2 N–H and O–H groups in total. The van der Waals surface area contributed by atoms with Crippen LogP contribution >= 0.6 is 0 Å². The van der Waals surface area contributed by atoms with Gasteiger partial charge < -0.3 is 15.4 Å². The first kappa shape index (κ1) is 13.8. The summed E-state index contributed by atoms with van der Waals surface area (Å²) >= 11 is 0. The fourth-order valence-corrected chi connectivity index (χ4v) is 2.21. The molecule has 1 saturated heterocycles. The van der Waals surface area contributed by atoms with E-state index in [1.54, 1.807) is 17.9 Å². The van der Waals surface area contributed by atoms with Crippen LogP contribution in [0.5, 0.6) is 5.75 Å². The summed E-state index contributed by atoms with van der Waals surface area (Å²) in [7, 11) is 0. The molecule has 5 heteroatoms. The lowest BCUT2D eigenvalue weighted by atomic mass is 10.1. The van der Waals surface area contributed by atoms with Gasteiger partial charge in [0.25, 0.3) is 5.91 Å². The Morgan fingerprint density at radius 1 is 1.47 bits per heavy atom. The molecule has 1 atom stereocenters. The van der Waals surface area contributed by atoms with Crippen LogP contribution in [0.4, 0.5) is 4.39 Å². The molecule has 1 aliphatic heterocycles. The molecule has 0 aromatic heterocycles. The van der Waals surface area contributed by atoms with Gasteiger partial charge in [0.05, 0.1) is 0 Å². The van der Waals surface area contributed by atoms with Crippen molar-refractivity contribution in [2.45, 2.75) is 25.8 Å². The van der Waals surface area contributed by atoms with Gasteiger partial charge in [0.15, 0.2) is 6.61 Å². The van der Waals surface area contributed by atoms with Crippen molar-refractivity contribution in [3.8, 4) is 5.75 Å². The van der Waals surface area contributed by atoms with Gasteiger partial charge in [0.2, 0.25) is 0 Å². The fraction of sp³-hybridized carbons (Fsp3) is 0.500. The van der Waals surface area contributed by atoms with E-state index in [1.807, 2.05) is 0 Å². The Kier molecular flexibility index (Phi) is 4.37. The third-order valence-corrected chi connectivity index (χ3v) is 3.28. The maximum Gasteiger partial charge on any atom is 0.260 e. The van der Waals surface area contributed by atoms with Crippen molar-refractivity contribution in [1.82, 2.24) is 4.90 Å². The fourth-order valence-electron chi connectivity index (χ4n) is 2.21. The van der Waals surface area contributed by atoms with Crippen LogP contribution < -0.4 is 10.5 Å². The van der Waals surface area contributed by atoms with E-state index in [2.05, 4.69) is 0 Å². The summed E-state index contributed by atoms with van der Waals surface area (Å²) in [4.78, 5) is 13.6. The monoisotopic (exact) mass is 266 g/mol. The van der Waals surface area contributed by atoms with Crippen LogP contribution in [0.3, 0.4) is 0 Å². The second-order valence-electron chi connectivity index (χ2n) is 4.85. The van der Waals surface area contributed by atoms with Crippen LogP contribution in [0.1, 0.15) is 31.4 Å². The molecule has 0 saturated carbocycles. The lowest BCUT2D eigenvalue weighted by Gasteiger charge is -2.17. The van der Waals surface area contributed by atoms with E-state index in [-0.39, 0.29) is 18.6 Å². The summed E-state index contributed by atoms with van der Waals surface area (Å²) in [6.07, 6.45) is 2.08. The van der Waals surface area contributed by atoms with Crippen LogP contribution in [0, 0.1) is 5.82 Å². The molecule has 2 rings (SSSR count). The highest BCUT2D eigenvalue weighted by atomic mass is 19.1. The molecule has 1 fully saturated rings. The molecule has 1 heterocycles. The Hall–Kier alpha value is -1.62. The van der Waals surface area contributed by atoms with Gasteiger partial charge in [-0.2, -0.15) is 0 Å². The van der Waals surface area contributed by atoms with Gasteiger partial charge >= 0.3 is 0 Å². The van der Waals surface area contributed by atoms with Crippen molar-refractivity contribution in [3.63, 3.8) is 0 Å². The number of rotatable bonds is 4. The number of halogens is 1. The Morgan fingerprint density at radius 2 is 2.16 bits per heavy atom. The molecule has 0 spiro atoms. The van der Waals surface area contributed by atoms with Crippen LogP contribution in [-0.2, 0) is 4.79 Å². The van der Waals surface area contributed by atoms with Crippen molar-refractivity contribution in [1.29, 1.82) is 0 Å². The highest BCUT2D eigenvalue weighted by Gasteiger charge is 2.19. The van der Waals surface area contributed by atoms with Crippen molar-refractivity contribution in [2.75, 3.05) is 19.7 Å². The summed E-state index contributed by atoms with van der Waals surface area (Å²) in [5, 5.41) is 0. The van der Waals surface area contributed by atoms with Gasteiger partial charge in [-0.25, -0.2) is 4.39 Å². The Bertz CT molecular complexity index is 457. The Balaban J connectivity index is 2.01. The summed E-state index contributed by atoms with van der Waals surface area (Å²) in [5.41, 5.74) is 6.50. The van der Waals surface area contributed by atoms with Crippen molar-refractivity contribution >= 4 is 5.91 Å². The number of carbonyl (C=O) groups excluding carboxylic acids is 1. The van der Waals surface area contributed by atoms with E-state index in [4.69, 9.17) is 10.5 Å². The predicted molar refractivity (Wildman–Crippen MR) is 70.3 cm³/mol. The van der Waals surface area contributed by atoms with Crippen molar-refractivity contribution in [3.05, 3.63) is 29.6 Å². The number of hydrogen-bond donors (Lipinski definition) is 1. The molecule has 104 valence electrons. The number of nitrogens with two attached hydrogens (primary N) is 1. The van der Waals surface area contributed by atoms with Gasteiger partial charge in [-0.15, -0.1) is 0 Å². The third-order valence-electron chi connectivity index (χ3n) is 3.28. The van der Waals surface area contributed by atoms with Crippen LogP contribution in [0.15, 0.2) is 18.2 Å². The average Bonchev–Trinajstić information content (AvgIpc) is 2.89. The summed E-state index contributed by atoms with van der Waals surface area (Å²) in [6.45, 7) is 3.29. The maximum atomic E-state index is 13.2. The average molecular weight is 266 g/mol. The number of nitrogens with zero attached hydrogens (tertiary/aromatic N) is 1. The zero-order chi connectivity index (χ0) is 13.8. The molecule has 0 unspecified atom stereocenters. The molecule has 1 aliphatic rings. The number of benzene rings is 1. The highest BCUT2D eigenvalue weighted by Crippen LogP contribution is 2.25. The number of likely N-dealkylation sites (tertiary alicyclic amines) is 1. The van der Waals surface area contributed by atoms with E-state index in [0.717, 1.165) is 25.9 Å². The van der Waals surface area contributed by atoms with Gasteiger partial charge in [0.1, 0.15) is 11.6 Å². The topological polar surface area (TPSA) is 55.6 Å². The van der Waals surface area contributed by atoms with E-state index in [1.165, 1.54) is 12.1 Å². The summed E-state index contributed by atoms with van der Waals surface area (Å²) in [5.74, 6) is -0.104. The standard InChI is InChI=1S/C14H19FN2O2/c1-10(16)12-5-4-11(15)8-13(12)19-9-14(18)17-6-2-3-7-17/h4-5,8,10H,2-3,6-7,9,16H2,1H3/t10-/m0/s1. The van der Waals surface area contributed by atoms with Crippen molar-refractivity contribution < 1.29 is 13.9 Å². The van der Waals surface area contributed by atoms with Gasteiger partial charge in [-0.3, -0.25) is 4.79 Å². The number of ether oxygens (including phenoxy) is 1. The first-order valence-electron chi connectivity index (χ1n) is 6.53. The van der Waals surface area contributed by atoms with Crippen LogP contribution in [-0.4, -0.2) is 30.5 Å². The van der Waals surface area contributed by atoms with Crippen LogP contribution in [0.25, 0.3) is 0 Å². The third kappa shape index (κ3) is 3.44. The molecular formula is C14H19FN2O2. The quantitative estimate of drug-likeness (QED) is 0.904. The van der Waals surface area contributed by atoms with Crippen molar-refractivity contribution in [2.24, 2.45) is 5.73 Å². The smallest absolute Gasteiger partial charge is 0.260 e. The van der Waals surface area contributed by atoms with E-state index in [0.29, 0.717) is 11.3 Å². The van der Waals surface area contributed by atoms with E-state index in [9.17, 15) is 9.18 Å². The lowest BCUT2D eigenvalue weighted by Crippen LogP contribution is -2.32. The molecule has 1 aromatic carbocycles. The normalized spacial score (nSPS) is 16.5. The van der Waals surface area contributed by atoms with Gasteiger partial charge in [-0.05, 0) is 25.8 Å². The number of carbonyl (C=O) groups is 1. The van der Waals surface area contributed by atoms with E-state index < -0.39 is 5.82 Å². The van der Waals surface area contributed by atoms with Crippen LogP contribution in [0.2, 0.25) is 0 Å². The maximum absolute atomic E-state index is 13.2. The zero-order valence-corrected chi connectivity index (χ0v) is 11.1. The molecule has 1 amide bonds. The first-order valence-corrected chi connectivity index (χ1v) is 6.53. The molecule has 0 aliphatic carbocycles. The number of hydrogen-bond acceptors (Lipinski definition) is 3. The SMILES string of the molecule is C[C@H](N)c1ccc(F)cc1OCC(=O)N1CCCC1. The Morgan fingerprint density at radius 3 is 2.79 bits per heavy atom. The zero-order valence-electron chi connectivity index (χ0n) is 11.1. The molecule has 19 heavy (non-hydrogen) atoms. The molecule has 4 nitrogen and oxygen atoms in total. The predicted octanol–water partition coefficient (Wildman–Crippen LogP) is 1.85. The lowest BCUT2D eigenvalue weighted by molar-refractivity contribution is -0.132. The first-order chi connectivity index (χ1) is 9.08. The molecular weight excluding hydrogens is 247 g/mol. The molecule has 0 bridgehead atoms. The van der Waals surface area contributed by atoms with Gasteiger partial charge in [0, 0.05) is 30.8 Å². The molecule has 1 aromatic rings. The highest BCUT2D eigenvalue weighted by molar-refractivity contribution is 5.78. The minimum Gasteiger partial charge on any atom is -0.483 e. The van der Waals surface area contributed by atoms with Gasteiger partial charge in [-0.1, -0.05) is 6.07 Å². The molecule has 0 radical (unpaired) electrons. The minimum atomic E-state index is -0.395. The largest absolute Gasteiger partial charge is 0.483 e. The Labute approximate surface area is 112 Å². The number of amides is 1. The second kappa shape index (κ2) is 6.02. The second-order valence-corrected chi connectivity index (χ2v) is 4.85. The summed E-state index contributed by atoms with van der Waals surface area (Å²) in [6, 6.07) is 3.94. The minimum absolute atomic E-state index is 0.0580.